The molecular weight excluding hydrogens is 374 g/mol. The molecule has 7 heteroatoms. The van der Waals surface area contributed by atoms with Crippen LogP contribution in [0, 0.1) is 13.8 Å². The second-order valence-corrected chi connectivity index (χ2v) is 7.79. The van der Waals surface area contributed by atoms with Gasteiger partial charge in [0.05, 0.1) is 13.7 Å². The van der Waals surface area contributed by atoms with Crippen molar-refractivity contribution in [2.24, 2.45) is 4.99 Å². The quantitative estimate of drug-likeness (QED) is 0.783. The minimum atomic E-state index is -0.484. The lowest BCUT2D eigenvalue weighted by atomic mass is 10.1. The molecule has 146 valence electrons. The first-order valence-corrected chi connectivity index (χ1v) is 9.85. The number of carbonyl (C=O) groups excluding carboxylic acids is 2. The minimum Gasteiger partial charge on any atom is -0.496 e. The molecule has 0 spiro atoms. The van der Waals surface area contributed by atoms with Crippen molar-refractivity contribution in [1.29, 1.82) is 0 Å². The minimum absolute atomic E-state index is 0.0947. The molecule has 28 heavy (non-hydrogen) atoms. The summed E-state index contributed by atoms with van der Waals surface area (Å²) < 4.78 is 5.31. The van der Waals surface area contributed by atoms with Crippen molar-refractivity contribution >= 4 is 34.4 Å². The molecule has 2 N–H and O–H groups in total. The first kappa shape index (κ1) is 19.9. The molecule has 0 bridgehead atoms. The Balaban J connectivity index is 1.58. The zero-order valence-electron chi connectivity index (χ0n) is 16.1. The van der Waals surface area contributed by atoms with Gasteiger partial charge in [-0.05, 0) is 31.5 Å². The number of aryl methyl sites for hydroxylation is 2. The van der Waals surface area contributed by atoms with Gasteiger partial charge in [0.15, 0.2) is 5.17 Å². The lowest BCUT2D eigenvalue weighted by Crippen LogP contribution is -2.28. The molecule has 2 aromatic carbocycles. The highest BCUT2D eigenvalue weighted by Crippen LogP contribution is 2.25. The normalized spacial score (nSPS) is 17.5. The maximum absolute atomic E-state index is 12.4. The number of methoxy groups -OCH3 is 1. The summed E-state index contributed by atoms with van der Waals surface area (Å²) in [7, 11) is 1.61. The first-order chi connectivity index (χ1) is 13.5. The fourth-order valence-electron chi connectivity index (χ4n) is 2.93. The van der Waals surface area contributed by atoms with Gasteiger partial charge in [0.1, 0.15) is 11.0 Å². The third kappa shape index (κ3) is 4.92. The Bertz CT molecular complexity index is 927. The number of rotatable bonds is 6. The van der Waals surface area contributed by atoms with Gasteiger partial charge in [-0.2, -0.15) is 0 Å². The highest BCUT2D eigenvalue weighted by Gasteiger charge is 2.32. The van der Waals surface area contributed by atoms with Gasteiger partial charge in [-0.25, -0.2) is 0 Å². The van der Waals surface area contributed by atoms with Crippen molar-refractivity contribution in [2.75, 3.05) is 12.4 Å². The molecule has 3 rings (SSSR count). The van der Waals surface area contributed by atoms with Crippen LogP contribution < -0.4 is 15.4 Å². The molecule has 2 aromatic rings. The van der Waals surface area contributed by atoms with Gasteiger partial charge in [0.25, 0.3) is 0 Å². The molecule has 2 amide bonds. The number of benzene rings is 2. The molecule has 0 saturated carbocycles. The summed E-state index contributed by atoms with van der Waals surface area (Å²) >= 11 is 1.28. The van der Waals surface area contributed by atoms with E-state index in [1.54, 1.807) is 7.11 Å². The van der Waals surface area contributed by atoms with Crippen LogP contribution in [0.2, 0.25) is 0 Å². The summed E-state index contributed by atoms with van der Waals surface area (Å²) in [4.78, 5) is 29.0. The number of carbonyl (C=O) groups is 2. The van der Waals surface area contributed by atoms with Crippen LogP contribution in [0.4, 0.5) is 5.69 Å². The van der Waals surface area contributed by atoms with Crippen molar-refractivity contribution in [2.45, 2.75) is 32.1 Å². The molecular formula is C21H23N3O3S. The fraction of sp³-hybridized carbons (Fsp3) is 0.286. The second kappa shape index (κ2) is 8.93. The van der Waals surface area contributed by atoms with Crippen LogP contribution in [-0.4, -0.2) is 29.3 Å². The Labute approximate surface area is 168 Å². The van der Waals surface area contributed by atoms with E-state index in [9.17, 15) is 9.59 Å². The number of aliphatic imine (C=N–C) groups is 1. The molecule has 1 saturated heterocycles. The average Bonchev–Trinajstić information content (AvgIpc) is 3.02. The number of nitrogens with zero attached hydrogens (tertiary/aromatic N) is 1. The Morgan fingerprint density at radius 2 is 2.04 bits per heavy atom. The smallest absolute Gasteiger partial charge is 0.240 e. The maximum atomic E-state index is 12.4. The van der Waals surface area contributed by atoms with Gasteiger partial charge in [-0.15, -0.1) is 0 Å². The Kier molecular flexibility index (Phi) is 6.36. The van der Waals surface area contributed by atoms with E-state index < -0.39 is 5.25 Å². The number of thioether (sulfide) groups is 1. The molecule has 0 aliphatic carbocycles. The average molecular weight is 398 g/mol. The molecule has 0 radical (unpaired) electrons. The third-order valence-electron chi connectivity index (χ3n) is 4.39. The molecule has 1 atom stereocenters. The Morgan fingerprint density at radius 1 is 1.25 bits per heavy atom. The molecule has 1 heterocycles. The van der Waals surface area contributed by atoms with E-state index >= 15 is 0 Å². The van der Waals surface area contributed by atoms with Crippen LogP contribution in [0.3, 0.4) is 0 Å². The number of amides is 2. The van der Waals surface area contributed by atoms with Crippen molar-refractivity contribution in [3.8, 4) is 5.75 Å². The fourth-order valence-corrected chi connectivity index (χ4v) is 3.90. The zero-order valence-corrected chi connectivity index (χ0v) is 16.9. The SMILES string of the molecule is COc1ccccc1CN=C1NC(=O)[C@@H](CC(=O)Nc2ccc(C)cc2C)S1. The molecule has 1 aliphatic heterocycles. The van der Waals surface area contributed by atoms with Crippen molar-refractivity contribution < 1.29 is 14.3 Å². The number of amidine groups is 1. The highest BCUT2D eigenvalue weighted by molar-refractivity contribution is 8.15. The number of hydrogen-bond acceptors (Lipinski definition) is 5. The number of ether oxygens (including phenoxy) is 1. The summed E-state index contributed by atoms with van der Waals surface area (Å²) in [5.41, 5.74) is 3.83. The topological polar surface area (TPSA) is 79.8 Å². The molecule has 0 unspecified atom stereocenters. The largest absolute Gasteiger partial charge is 0.496 e. The van der Waals surface area contributed by atoms with Crippen LogP contribution in [0.15, 0.2) is 47.5 Å². The highest BCUT2D eigenvalue weighted by atomic mass is 32.2. The van der Waals surface area contributed by atoms with Crippen LogP contribution in [-0.2, 0) is 16.1 Å². The summed E-state index contributed by atoms with van der Waals surface area (Å²) in [6.07, 6.45) is 0.0947. The number of hydrogen-bond donors (Lipinski definition) is 2. The Morgan fingerprint density at radius 3 is 2.79 bits per heavy atom. The number of nitrogens with one attached hydrogen (secondary N) is 2. The molecule has 0 aromatic heterocycles. The number of anilines is 1. The molecule has 1 aliphatic rings. The van der Waals surface area contributed by atoms with Gasteiger partial charge in [-0.1, -0.05) is 47.7 Å². The summed E-state index contributed by atoms with van der Waals surface area (Å²) in [6.45, 7) is 4.35. The van der Waals surface area contributed by atoms with Crippen LogP contribution in [0.5, 0.6) is 5.75 Å². The standard InChI is InChI=1S/C21H23N3O3S/c1-13-8-9-16(14(2)10-13)23-19(25)11-18-20(26)24-21(28-18)22-12-15-6-4-5-7-17(15)27-3/h4-10,18H,11-12H2,1-3H3,(H,23,25)(H,22,24,26)/t18-/m1/s1. The summed E-state index contributed by atoms with van der Waals surface area (Å²) in [6, 6.07) is 13.4. The monoisotopic (exact) mass is 397 g/mol. The van der Waals surface area contributed by atoms with Crippen molar-refractivity contribution in [3.05, 3.63) is 59.2 Å². The van der Waals surface area contributed by atoms with Gasteiger partial charge in [0.2, 0.25) is 11.8 Å². The van der Waals surface area contributed by atoms with Gasteiger partial charge in [0, 0.05) is 17.7 Å². The number of para-hydroxylation sites is 1. The zero-order chi connectivity index (χ0) is 20.1. The predicted molar refractivity (Wildman–Crippen MR) is 113 cm³/mol. The maximum Gasteiger partial charge on any atom is 0.240 e. The summed E-state index contributed by atoms with van der Waals surface area (Å²) in [5.74, 6) is 0.371. The van der Waals surface area contributed by atoms with Gasteiger partial charge < -0.3 is 15.4 Å². The van der Waals surface area contributed by atoms with Gasteiger partial charge in [-0.3, -0.25) is 14.6 Å². The summed E-state index contributed by atoms with van der Waals surface area (Å²) in [5, 5.41) is 5.68. The van der Waals surface area contributed by atoms with Crippen LogP contribution in [0.1, 0.15) is 23.1 Å². The third-order valence-corrected chi connectivity index (χ3v) is 5.51. The van der Waals surface area contributed by atoms with E-state index in [4.69, 9.17) is 4.74 Å². The van der Waals surface area contributed by atoms with E-state index in [-0.39, 0.29) is 18.2 Å². The van der Waals surface area contributed by atoms with Crippen LogP contribution >= 0.6 is 11.8 Å². The van der Waals surface area contributed by atoms with E-state index in [1.807, 2.05) is 56.3 Å². The van der Waals surface area contributed by atoms with Crippen molar-refractivity contribution in [3.63, 3.8) is 0 Å². The lowest BCUT2D eigenvalue weighted by Gasteiger charge is -2.10. The first-order valence-electron chi connectivity index (χ1n) is 8.97. The Hall–Kier alpha value is -2.80. The van der Waals surface area contributed by atoms with Crippen molar-refractivity contribution in [1.82, 2.24) is 5.32 Å². The lowest BCUT2D eigenvalue weighted by molar-refractivity contribution is -0.122. The van der Waals surface area contributed by atoms with E-state index in [0.29, 0.717) is 11.7 Å². The van der Waals surface area contributed by atoms with E-state index in [2.05, 4.69) is 15.6 Å². The molecule has 1 fully saturated rings. The second-order valence-electron chi connectivity index (χ2n) is 6.60. The van der Waals surface area contributed by atoms with E-state index in [0.717, 1.165) is 28.1 Å². The van der Waals surface area contributed by atoms with E-state index in [1.165, 1.54) is 11.8 Å². The molecule has 6 nitrogen and oxygen atoms in total. The van der Waals surface area contributed by atoms with Crippen LogP contribution in [0.25, 0.3) is 0 Å². The van der Waals surface area contributed by atoms with Gasteiger partial charge >= 0.3 is 0 Å². The predicted octanol–water partition coefficient (Wildman–Crippen LogP) is 3.43.